The van der Waals surface area contributed by atoms with E-state index < -0.39 is 11.6 Å². The average Bonchev–Trinajstić information content (AvgIpc) is 2.86. The predicted octanol–water partition coefficient (Wildman–Crippen LogP) is 4.42. The van der Waals surface area contributed by atoms with Gasteiger partial charge in [0.15, 0.2) is 11.6 Å². The Morgan fingerprint density at radius 2 is 1.89 bits per heavy atom. The van der Waals surface area contributed by atoms with Crippen LogP contribution in [0.5, 0.6) is 0 Å². The number of morpholine rings is 1. The highest BCUT2D eigenvalue weighted by atomic mass is 19.2. The molecule has 0 saturated carbocycles. The molecule has 0 bridgehead atoms. The highest BCUT2D eigenvalue weighted by Gasteiger charge is 2.27. The number of nitrogens with one attached hydrogen (secondary N) is 1. The molecule has 0 radical (unpaired) electrons. The van der Waals surface area contributed by atoms with Gasteiger partial charge in [0, 0.05) is 48.1 Å². The Hall–Kier alpha value is -3.52. The summed E-state index contributed by atoms with van der Waals surface area (Å²) in [4.78, 5) is 18.2. The van der Waals surface area contributed by atoms with E-state index in [0.29, 0.717) is 49.4 Å². The standard InChI is InChI=1S/C27H28F2N4O2/c1-15(2)23-14-33(9-10-35-23)22-6-5-19(24(28)25(22)29)18-12-21(26(30)32-13-18)16-3-4-20-17(11-16)7-8-31-27(20)34/h3-6,11-13,15,23H,7-10,14H2,1-2H3,(H2,30,32)(H,31,34)/t23-/m1/s1. The van der Waals surface area contributed by atoms with Crippen molar-refractivity contribution in [2.75, 3.05) is 36.9 Å². The van der Waals surface area contributed by atoms with Gasteiger partial charge in [0.25, 0.3) is 5.91 Å². The van der Waals surface area contributed by atoms with E-state index >= 15 is 8.78 Å². The predicted molar refractivity (Wildman–Crippen MR) is 132 cm³/mol. The SMILES string of the molecule is CC(C)[C@H]1CN(c2ccc(-c3cnc(N)c(-c4ccc5c(c4)CCNC5=O)c3)c(F)c2F)CCO1. The lowest BCUT2D eigenvalue weighted by atomic mass is 9.94. The van der Waals surface area contributed by atoms with Gasteiger partial charge in [-0.3, -0.25) is 4.79 Å². The number of rotatable bonds is 4. The summed E-state index contributed by atoms with van der Waals surface area (Å²) in [5, 5.41) is 2.82. The van der Waals surface area contributed by atoms with Gasteiger partial charge >= 0.3 is 0 Å². The first kappa shape index (κ1) is 23.2. The molecule has 0 unspecified atom stereocenters. The summed E-state index contributed by atoms with van der Waals surface area (Å²) < 4.78 is 36.3. The van der Waals surface area contributed by atoms with Gasteiger partial charge in [-0.15, -0.1) is 0 Å². The average molecular weight is 479 g/mol. The van der Waals surface area contributed by atoms with Gasteiger partial charge in [-0.1, -0.05) is 26.0 Å². The summed E-state index contributed by atoms with van der Waals surface area (Å²) >= 11 is 0. The summed E-state index contributed by atoms with van der Waals surface area (Å²) in [5.74, 6) is -1.35. The molecule has 3 heterocycles. The quantitative estimate of drug-likeness (QED) is 0.580. The summed E-state index contributed by atoms with van der Waals surface area (Å²) in [5.41, 5.74) is 9.86. The largest absolute Gasteiger partial charge is 0.383 e. The van der Waals surface area contributed by atoms with Gasteiger partial charge in [-0.2, -0.15) is 0 Å². The second-order valence-electron chi connectivity index (χ2n) is 9.39. The number of benzene rings is 2. The maximum atomic E-state index is 15.3. The van der Waals surface area contributed by atoms with Crippen LogP contribution in [0.1, 0.15) is 29.8 Å². The molecular formula is C27H28F2N4O2. The van der Waals surface area contributed by atoms with Crippen molar-refractivity contribution in [3.05, 3.63) is 65.4 Å². The summed E-state index contributed by atoms with van der Waals surface area (Å²) in [6.07, 6.45) is 2.13. The van der Waals surface area contributed by atoms with Crippen LogP contribution in [0, 0.1) is 17.6 Å². The van der Waals surface area contributed by atoms with Crippen molar-refractivity contribution in [3.8, 4) is 22.3 Å². The molecule has 2 aliphatic rings. The number of anilines is 2. The fourth-order valence-corrected chi connectivity index (χ4v) is 4.75. The van der Waals surface area contributed by atoms with Crippen LogP contribution < -0.4 is 16.0 Å². The number of pyridine rings is 1. The number of carbonyl (C=O) groups is 1. The molecule has 1 saturated heterocycles. The molecule has 35 heavy (non-hydrogen) atoms. The zero-order valence-corrected chi connectivity index (χ0v) is 19.8. The third-order valence-corrected chi connectivity index (χ3v) is 6.81. The zero-order chi connectivity index (χ0) is 24.7. The number of carbonyl (C=O) groups excluding carboxylic acids is 1. The molecular weight excluding hydrogens is 450 g/mol. The number of ether oxygens (including phenoxy) is 1. The van der Waals surface area contributed by atoms with Crippen LogP contribution >= 0.6 is 0 Å². The Bertz CT molecular complexity index is 1290. The first-order valence-corrected chi connectivity index (χ1v) is 11.9. The molecule has 1 amide bonds. The van der Waals surface area contributed by atoms with Crippen LogP contribution in [0.4, 0.5) is 20.3 Å². The topological polar surface area (TPSA) is 80.5 Å². The van der Waals surface area contributed by atoms with Crippen LogP contribution in [0.25, 0.3) is 22.3 Å². The monoisotopic (exact) mass is 478 g/mol. The molecule has 3 aromatic rings. The second-order valence-corrected chi connectivity index (χ2v) is 9.39. The van der Waals surface area contributed by atoms with Gasteiger partial charge < -0.3 is 20.7 Å². The van der Waals surface area contributed by atoms with Crippen LogP contribution in [-0.2, 0) is 11.2 Å². The van der Waals surface area contributed by atoms with Crippen LogP contribution in [0.2, 0.25) is 0 Å². The number of halogens is 2. The van der Waals surface area contributed by atoms with Crippen molar-refractivity contribution in [1.82, 2.24) is 10.3 Å². The van der Waals surface area contributed by atoms with E-state index in [0.717, 1.165) is 11.1 Å². The highest BCUT2D eigenvalue weighted by molar-refractivity contribution is 5.97. The van der Waals surface area contributed by atoms with E-state index in [1.807, 2.05) is 11.0 Å². The summed E-state index contributed by atoms with van der Waals surface area (Å²) in [6.45, 7) is 6.16. The van der Waals surface area contributed by atoms with E-state index in [1.54, 1.807) is 30.3 Å². The number of nitrogens with zero attached hydrogens (tertiary/aromatic N) is 2. The third kappa shape index (κ3) is 4.34. The van der Waals surface area contributed by atoms with Crippen molar-refractivity contribution in [2.24, 2.45) is 5.92 Å². The van der Waals surface area contributed by atoms with Gasteiger partial charge in [0.05, 0.1) is 18.4 Å². The number of aromatic nitrogens is 1. The zero-order valence-electron chi connectivity index (χ0n) is 19.8. The van der Waals surface area contributed by atoms with E-state index in [4.69, 9.17) is 10.5 Å². The lowest BCUT2D eigenvalue weighted by molar-refractivity contribution is 0.0112. The molecule has 2 aliphatic heterocycles. The van der Waals surface area contributed by atoms with E-state index in [1.165, 1.54) is 6.20 Å². The van der Waals surface area contributed by atoms with Gasteiger partial charge in [0.2, 0.25) is 0 Å². The number of hydrogen-bond donors (Lipinski definition) is 2. The van der Waals surface area contributed by atoms with Gasteiger partial charge in [0.1, 0.15) is 5.82 Å². The minimum absolute atomic E-state index is 0.0302. The first-order chi connectivity index (χ1) is 16.8. The number of amides is 1. The molecule has 2 aromatic carbocycles. The number of nitrogen functional groups attached to an aromatic ring is 1. The summed E-state index contributed by atoms with van der Waals surface area (Å²) in [6, 6.07) is 10.4. The Morgan fingerprint density at radius 3 is 2.69 bits per heavy atom. The Morgan fingerprint density at radius 1 is 1.09 bits per heavy atom. The fraction of sp³-hybridized carbons (Fsp3) is 0.333. The third-order valence-electron chi connectivity index (χ3n) is 6.81. The van der Waals surface area contributed by atoms with Crippen molar-refractivity contribution in [3.63, 3.8) is 0 Å². The fourth-order valence-electron chi connectivity index (χ4n) is 4.75. The maximum Gasteiger partial charge on any atom is 0.251 e. The smallest absolute Gasteiger partial charge is 0.251 e. The molecule has 0 aliphatic carbocycles. The van der Waals surface area contributed by atoms with E-state index in [9.17, 15) is 4.79 Å². The lowest BCUT2D eigenvalue weighted by Gasteiger charge is -2.36. The highest BCUT2D eigenvalue weighted by Crippen LogP contribution is 2.35. The van der Waals surface area contributed by atoms with Gasteiger partial charge in [-0.05, 0) is 47.7 Å². The first-order valence-electron chi connectivity index (χ1n) is 11.9. The molecule has 1 fully saturated rings. The number of fused-ring (bicyclic) bond motifs is 1. The molecule has 3 N–H and O–H groups in total. The number of nitrogens with two attached hydrogens (primary N) is 1. The van der Waals surface area contributed by atoms with E-state index in [-0.39, 0.29) is 35.0 Å². The molecule has 1 aromatic heterocycles. The Kier molecular flexibility index (Phi) is 6.15. The normalized spacial score (nSPS) is 17.9. The molecule has 8 heteroatoms. The minimum atomic E-state index is -0.922. The van der Waals surface area contributed by atoms with Crippen molar-refractivity contribution < 1.29 is 18.3 Å². The van der Waals surface area contributed by atoms with Crippen LogP contribution in [0.15, 0.2) is 42.6 Å². The molecule has 5 rings (SSSR count). The van der Waals surface area contributed by atoms with Gasteiger partial charge in [-0.25, -0.2) is 13.8 Å². The number of hydrogen-bond acceptors (Lipinski definition) is 5. The van der Waals surface area contributed by atoms with Crippen molar-refractivity contribution in [1.29, 1.82) is 0 Å². The molecule has 6 nitrogen and oxygen atoms in total. The molecule has 182 valence electrons. The van der Waals surface area contributed by atoms with Crippen molar-refractivity contribution in [2.45, 2.75) is 26.4 Å². The molecule has 1 atom stereocenters. The van der Waals surface area contributed by atoms with Crippen LogP contribution in [-0.4, -0.2) is 43.2 Å². The Labute approximate surface area is 203 Å². The minimum Gasteiger partial charge on any atom is -0.383 e. The van der Waals surface area contributed by atoms with Crippen LogP contribution in [0.3, 0.4) is 0 Å². The van der Waals surface area contributed by atoms with Crippen molar-refractivity contribution >= 4 is 17.4 Å². The Balaban J connectivity index is 1.49. The molecule has 0 spiro atoms. The second kappa shape index (κ2) is 9.26. The summed E-state index contributed by atoms with van der Waals surface area (Å²) in [7, 11) is 0. The van der Waals surface area contributed by atoms with E-state index in [2.05, 4.69) is 24.1 Å². The lowest BCUT2D eigenvalue weighted by Crippen LogP contribution is -2.45. The maximum absolute atomic E-state index is 15.3.